The number of carboxylic acids is 1. The molecule has 1 aliphatic carbocycles. The summed E-state index contributed by atoms with van der Waals surface area (Å²) in [4.78, 5) is 29.3. The number of carbonyl (C=O) groups is 2. The number of furan rings is 1. The summed E-state index contributed by atoms with van der Waals surface area (Å²) in [6.07, 6.45) is 1.86. The number of hydrogen-bond donors (Lipinski definition) is 1. The van der Waals surface area contributed by atoms with Crippen molar-refractivity contribution in [2.75, 3.05) is 59.5 Å². The summed E-state index contributed by atoms with van der Waals surface area (Å²) in [5.74, 6) is -1.69. The summed E-state index contributed by atoms with van der Waals surface area (Å²) >= 11 is 0. The molecule has 0 atom stereocenters. The predicted molar refractivity (Wildman–Crippen MR) is 163 cm³/mol. The monoisotopic (exact) mass is 672 g/mol. The van der Waals surface area contributed by atoms with Crippen LogP contribution >= 0.6 is 0 Å². The lowest BCUT2D eigenvalue weighted by Crippen LogP contribution is -2.49. The van der Waals surface area contributed by atoms with E-state index in [0.29, 0.717) is 46.2 Å². The number of ether oxygens (including phenoxy) is 1. The molecule has 0 bridgehead atoms. The van der Waals surface area contributed by atoms with E-state index >= 15 is 0 Å². The Hall–Kier alpha value is -3.14. The number of benzene rings is 1. The van der Waals surface area contributed by atoms with Crippen LogP contribution in [-0.2, 0) is 21.4 Å². The van der Waals surface area contributed by atoms with Crippen molar-refractivity contribution in [1.29, 1.82) is 0 Å². The number of carbonyl (C=O) groups excluding carboxylic acids is 1. The van der Waals surface area contributed by atoms with Crippen LogP contribution in [0.3, 0.4) is 0 Å². The van der Waals surface area contributed by atoms with Crippen LogP contribution in [0.4, 0.5) is 13.2 Å². The van der Waals surface area contributed by atoms with Crippen molar-refractivity contribution in [2.24, 2.45) is 0 Å². The first-order chi connectivity index (χ1) is 21.7. The number of rotatable bonds is 11. The third-order valence-corrected chi connectivity index (χ3v) is 10.7. The molecule has 1 aromatic carbocycles. The van der Waals surface area contributed by atoms with Gasteiger partial charge < -0.3 is 24.1 Å². The van der Waals surface area contributed by atoms with Gasteiger partial charge in [0.05, 0.1) is 24.1 Å². The Morgan fingerprint density at radius 2 is 1.52 bits per heavy atom. The Kier molecular flexibility index (Phi) is 11.8. The van der Waals surface area contributed by atoms with Gasteiger partial charge in [0.2, 0.25) is 10.0 Å². The molecule has 1 saturated carbocycles. The van der Waals surface area contributed by atoms with Gasteiger partial charge in [-0.25, -0.2) is 13.2 Å². The maximum absolute atomic E-state index is 13.8. The van der Waals surface area contributed by atoms with Gasteiger partial charge in [-0.2, -0.15) is 17.5 Å². The molecule has 0 radical (unpaired) electrons. The van der Waals surface area contributed by atoms with E-state index in [9.17, 15) is 26.4 Å². The van der Waals surface area contributed by atoms with Crippen LogP contribution in [-0.4, -0.2) is 116 Å². The van der Waals surface area contributed by atoms with E-state index in [1.807, 2.05) is 4.90 Å². The highest BCUT2D eigenvalue weighted by atomic mass is 32.2. The number of alkyl halides is 3. The average Bonchev–Trinajstić information content (AvgIpc) is 3.48. The minimum absolute atomic E-state index is 0.0515. The Bertz CT molecular complexity index is 1440. The van der Waals surface area contributed by atoms with Crippen LogP contribution in [0.15, 0.2) is 33.8 Å². The van der Waals surface area contributed by atoms with Crippen molar-refractivity contribution >= 4 is 21.9 Å². The lowest BCUT2D eigenvalue weighted by molar-refractivity contribution is -0.192. The highest BCUT2D eigenvalue weighted by molar-refractivity contribution is 7.89. The van der Waals surface area contributed by atoms with E-state index in [-0.39, 0.29) is 18.5 Å². The van der Waals surface area contributed by atoms with E-state index in [0.717, 1.165) is 32.5 Å². The number of likely N-dealkylation sites (tertiary alicyclic amines) is 1. The van der Waals surface area contributed by atoms with Gasteiger partial charge in [0.25, 0.3) is 5.91 Å². The van der Waals surface area contributed by atoms with Crippen LogP contribution in [0.1, 0.15) is 59.3 Å². The highest BCUT2D eigenvalue weighted by Gasteiger charge is 2.40. The smallest absolute Gasteiger partial charge is 0.490 e. The number of piperazine rings is 1. The molecule has 256 valence electrons. The van der Waals surface area contributed by atoms with Crippen molar-refractivity contribution < 1.29 is 45.4 Å². The maximum atomic E-state index is 13.8. The molecule has 1 aromatic heterocycles. The van der Waals surface area contributed by atoms with E-state index < -0.39 is 22.2 Å². The zero-order chi connectivity index (χ0) is 33.6. The fourth-order valence-electron chi connectivity index (χ4n) is 5.94. The van der Waals surface area contributed by atoms with Gasteiger partial charge in [-0.1, -0.05) is 0 Å². The lowest BCUT2D eigenvalue weighted by atomic mass is 10.1. The van der Waals surface area contributed by atoms with E-state index in [1.54, 1.807) is 39.2 Å². The van der Waals surface area contributed by atoms with Crippen molar-refractivity contribution in [1.82, 2.24) is 19.0 Å². The largest absolute Gasteiger partial charge is 0.497 e. The second-order valence-electron chi connectivity index (χ2n) is 12.0. The molecular formula is C31H43F3N4O7S. The molecular weight excluding hydrogens is 629 g/mol. The summed E-state index contributed by atoms with van der Waals surface area (Å²) in [5.41, 5.74) is 1.79. The van der Waals surface area contributed by atoms with Crippen molar-refractivity contribution in [3.05, 3.63) is 46.9 Å². The molecule has 2 saturated heterocycles. The molecule has 3 aliphatic rings. The molecule has 2 aliphatic heterocycles. The quantitative estimate of drug-likeness (QED) is 0.375. The number of aliphatic carboxylic acids is 1. The summed E-state index contributed by atoms with van der Waals surface area (Å²) in [7, 11) is -2.18. The molecule has 1 amide bonds. The predicted octanol–water partition coefficient (Wildman–Crippen LogP) is 4.14. The molecule has 15 heteroatoms. The zero-order valence-electron chi connectivity index (χ0n) is 26.5. The Morgan fingerprint density at radius 1 is 0.978 bits per heavy atom. The minimum Gasteiger partial charge on any atom is -0.497 e. The average molecular weight is 673 g/mol. The number of methoxy groups -OCH3 is 1. The molecule has 2 aromatic rings. The zero-order valence-corrected chi connectivity index (χ0v) is 27.3. The highest BCUT2D eigenvalue weighted by Crippen LogP contribution is 2.37. The van der Waals surface area contributed by atoms with Gasteiger partial charge in [-0.15, -0.1) is 0 Å². The number of carboxylic acid groups (broad SMARTS) is 1. The normalized spacial score (nSPS) is 18.0. The molecule has 3 fully saturated rings. The standard InChI is InChI=1S/C29H42N4O5S.C2HF3O2/c1-22-17-26(37-3)18-23(2)28(22)39(35,36)33(25-7-8-25)20-27-19-24(21-38-27)29(34)32-15-13-31(14-16-32)12-6-11-30-9-4-5-10-30;3-2(4,5)1(6)7/h17-19,21,25H,4-16,20H2,1-3H3;(H,6,7). The summed E-state index contributed by atoms with van der Waals surface area (Å²) < 4.78 is 71.9. The van der Waals surface area contributed by atoms with Gasteiger partial charge in [-0.3, -0.25) is 9.69 Å². The number of halogens is 3. The number of aryl methyl sites for hydroxylation is 2. The van der Waals surface area contributed by atoms with Crippen molar-refractivity contribution in [2.45, 2.75) is 69.6 Å². The number of hydrogen-bond acceptors (Lipinski definition) is 8. The Labute approximate surface area is 267 Å². The molecule has 0 unspecified atom stereocenters. The first-order valence-corrected chi connectivity index (χ1v) is 16.9. The van der Waals surface area contributed by atoms with Crippen LogP contribution in [0.5, 0.6) is 5.75 Å². The molecule has 46 heavy (non-hydrogen) atoms. The fraction of sp³-hybridized carbons (Fsp3) is 0.613. The molecule has 11 nitrogen and oxygen atoms in total. The summed E-state index contributed by atoms with van der Waals surface area (Å²) in [6, 6.07) is 5.16. The lowest BCUT2D eigenvalue weighted by Gasteiger charge is -2.34. The van der Waals surface area contributed by atoms with Gasteiger partial charge >= 0.3 is 12.1 Å². The van der Waals surface area contributed by atoms with Gasteiger partial charge in [0, 0.05) is 32.2 Å². The Balaban J connectivity index is 0.000000617. The van der Waals surface area contributed by atoms with E-state index in [1.165, 1.54) is 49.5 Å². The molecule has 0 spiro atoms. The molecule has 3 heterocycles. The van der Waals surface area contributed by atoms with Crippen molar-refractivity contribution in [3.8, 4) is 5.75 Å². The minimum atomic E-state index is -5.08. The second kappa shape index (κ2) is 15.2. The maximum Gasteiger partial charge on any atom is 0.490 e. The third-order valence-electron chi connectivity index (χ3n) is 8.45. The van der Waals surface area contributed by atoms with Gasteiger partial charge in [0.1, 0.15) is 17.8 Å². The van der Waals surface area contributed by atoms with Gasteiger partial charge in [0.15, 0.2) is 0 Å². The van der Waals surface area contributed by atoms with Crippen LogP contribution in [0, 0.1) is 13.8 Å². The first-order valence-electron chi connectivity index (χ1n) is 15.5. The van der Waals surface area contributed by atoms with Gasteiger partial charge in [-0.05, 0) is 101 Å². The fourth-order valence-corrected chi connectivity index (χ4v) is 8.00. The van der Waals surface area contributed by atoms with E-state index in [2.05, 4.69) is 9.80 Å². The number of nitrogens with zero attached hydrogens (tertiary/aromatic N) is 4. The Morgan fingerprint density at radius 3 is 2.02 bits per heavy atom. The second-order valence-corrected chi connectivity index (χ2v) is 13.8. The third kappa shape index (κ3) is 9.23. The topological polar surface area (TPSA) is 124 Å². The molecule has 5 rings (SSSR count). The molecule has 1 N–H and O–H groups in total. The number of sulfonamides is 1. The van der Waals surface area contributed by atoms with Crippen molar-refractivity contribution in [3.63, 3.8) is 0 Å². The van der Waals surface area contributed by atoms with Crippen LogP contribution in [0.25, 0.3) is 0 Å². The summed E-state index contributed by atoms with van der Waals surface area (Å²) in [6.45, 7) is 11.6. The van der Waals surface area contributed by atoms with Crippen LogP contribution in [0.2, 0.25) is 0 Å². The van der Waals surface area contributed by atoms with E-state index in [4.69, 9.17) is 19.1 Å². The van der Waals surface area contributed by atoms with Crippen LogP contribution < -0.4 is 4.74 Å². The number of amides is 1. The SMILES string of the molecule is COc1cc(C)c(S(=O)(=O)N(Cc2cc(C(=O)N3CCN(CCCN4CCCC4)CC3)co2)C2CC2)c(C)c1.O=C(O)C(F)(F)F. The first kappa shape index (κ1) is 35.7. The summed E-state index contributed by atoms with van der Waals surface area (Å²) in [5, 5.41) is 7.12.